The summed E-state index contributed by atoms with van der Waals surface area (Å²) in [5, 5.41) is 5.06. The first-order chi connectivity index (χ1) is 13.7. The van der Waals surface area contributed by atoms with E-state index in [1.54, 1.807) is 12.1 Å². The Kier molecular flexibility index (Phi) is 8.05. The number of ether oxygens (including phenoxy) is 2. The number of halogens is 5. The van der Waals surface area contributed by atoms with E-state index in [4.69, 9.17) is 9.47 Å². The van der Waals surface area contributed by atoms with Gasteiger partial charge in [-0.2, -0.15) is 13.2 Å². The zero-order valence-corrected chi connectivity index (χ0v) is 15.1. The monoisotopic (exact) mass is 418 g/mol. The van der Waals surface area contributed by atoms with Gasteiger partial charge in [0.2, 0.25) is 0 Å². The molecule has 0 atom stereocenters. The molecule has 2 rings (SSSR count). The summed E-state index contributed by atoms with van der Waals surface area (Å²) in [4.78, 5) is 11.8. The Morgan fingerprint density at radius 1 is 0.966 bits per heavy atom. The first kappa shape index (κ1) is 22.3. The molecule has 0 aliphatic rings. The van der Waals surface area contributed by atoms with Gasteiger partial charge in [-0.1, -0.05) is 18.2 Å². The fourth-order valence-corrected chi connectivity index (χ4v) is 2.24. The van der Waals surface area contributed by atoms with Crippen LogP contribution in [0.3, 0.4) is 0 Å². The van der Waals surface area contributed by atoms with Crippen molar-refractivity contribution in [1.29, 1.82) is 0 Å². The van der Waals surface area contributed by atoms with Crippen LogP contribution in [-0.2, 0) is 12.7 Å². The second-order valence-corrected chi connectivity index (χ2v) is 5.83. The second-order valence-electron chi connectivity index (χ2n) is 5.83. The van der Waals surface area contributed by atoms with Gasteiger partial charge in [0.1, 0.15) is 24.7 Å². The van der Waals surface area contributed by atoms with Gasteiger partial charge >= 0.3 is 12.2 Å². The third-order valence-corrected chi connectivity index (χ3v) is 3.55. The highest BCUT2D eigenvalue weighted by molar-refractivity contribution is 5.73. The van der Waals surface area contributed by atoms with Gasteiger partial charge in [-0.15, -0.1) is 0 Å². The average molecular weight is 418 g/mol. The maximum Gasteiger partial charge on any atom is 0.416 e. The van der Waals surface area contributed by atoms with Crippen LogP contribution in [0.4, 0.5) is 26.7 Å². The van der Waals surface area contributed by atoms with Gasteiger partial charge in [-0.05, 0) is 35.9 Å². The van der Waals surface area contributed by atoms with Crippen molar-refractivity contribution in [1.82, 2.24) is 10.6 Å². The normalized spacial score (nSPS) is 11.2. The highest BCUT2D eigenvalue weighted by atomic mass is 19.4. The number of hydrogen-bond acceptors (Lipinski definition) is 3. The number of amides is 2. The van der Waals surface area contributed by atoms with Crippen LogP contribution in [0.25, 0.3) is 0 Å². The molecule has 0 unspecified atom stereocenters. The highest BCUT2D eigenvalue weighted by Gasteiger charge is 2.30. The Balaban J connectivity index is 1.70. The van der Waals surface area contributed by atoms with Crippen LogP contribution in [0.15, 0.2) is 48.5 Å². The van der Waals surface area contributed by atoms with Crippen LogP contribution in [-0.4, -0.2) is 32.2 Å². The predicted octanol–water partition coefficient (Wildman–Crippen LogP) is 4.23. The molecule has 0 fully saturated rings. The molecule has 0 aliphatic heterocycles. The lowest BCUT2D eigenvalue weighted by molar-refractivity contribution is -0.137. The fourth-order valence-electron chi connectivity index (χ4n) is 2.24. The largest absolute Gasteiger partial charge is 0.492 e. The number of rotatable bonds is 9. The molecule has 2 amide bonds. The molecule has 0 saturated heterocycles. The third-order valence-electron chi connectivity index (χ3n) is 3.55. The summed E-state index contributed by atoms with van der Waals surface area (Å²) < 4.78 is 72.3. The van der Waals surface area contributed by atoms with Gasteiger partial charge < -0.3 is 20.1 Å². The maximum atomic E-state index is 12.6. The van der Waals surface area contributed by atoms with Crippen molar-refractivity contribution in [3.63, 3.8) is 0 Å². The number of carbonyl (C=O) groups is 1. The van der Waals surface area contributed by atoms with Crippen molar-refractivity contribution in [2.45, 2.75) is 19.1 Å². The van der Waals surface area contributed by atoms with E-state index in [2.05, 4.69) is 10.6 Å². The second kappa shape index (κ2) is 10.5. The van der Waals surface area contributed by atoms with E-state index < -0.39 is 30.8 Å². The van der Waals surface area contributed by atoms with Crippen LogP contribution in [0, 0.1) is 0 Å². The lowest BCUT2D eigenvalue weighted by atomic mass is 10.2. The molecule has 2 aromatic carbocycles. The van der Waals surface area contributed by atoms with E-state index in [0.29, 0.717) is 5.56 Å². The van der Waals surface area contributed by atoms with Crippen LogP contribution in [0.2, 0.25) is 0 Å². The number of carbonyl (C=O) groups excluding carboxylic acids is 1. The Morgan fingerprint density at radius 3 is 2.34 bits per heavy atom. The van der Waals surface area contributed by atoms with Crippen LogP contribution < -0.4 is 20.1 Å². The zero-order chi connectivity index (χ0) is 21.3. The van der Waals surface area contributed by atoms with Gasteiger partial charge in [-0.25, -0.2) is 13.6 Å². The molecular weight excluding hydrogens is 399 g/mol. The molecule has 5 nitrogen and oxygen atoms in total. The van der Waals surface area contributed by atoms with Gasteiger partial charge in [0, 0.05) is 6.54 Å². The molecule has 2 aromatic rings. The number of nitrogens with one attached hydrogen (secondary N) is 2. The standard InChI is InChI=1S/C19H19F5N2O3/c20-17(21)12-29-15-5-1-3-13(9-15)11-26-18(27)25-7-8-28-16-6-2-4-14(10-16)19(22,23)24/h1-6,9-10,17H,7-8,11-12H2,(H2,25,26,27). The number of benzene rings is 2. The average Bonchev–Trinajstić information content (AvgIpc) is 2.68. The van der Waals surface area contributed by atoms with Gasteiger partial charge in [-0.3, -0.25) is 0 Å². The number of hydrogen-bond donors (Lipinski definition) is 2. The summed E-state index contributed by atoms with van der Waals surface area (Å²) >= 11 is 0. The Bertz CT molecular complexity index is 799. The van der Waals surface area contributed by atoms with E-state index in [0.717, 1.165) is 12.1 Å². The lowest BCUT2D eigenvalue weighted by Crippen LogP contribution is -2.37. The summed E-state index contributed by atoms with van der Waals surface area (Å²) in [6, 6.07) is 10.3. The van der Waals surface area contributed by atoms with Gasteiger partial charge in [0.25, 0.3) is 6.43 Å². The maximum absolute atomic E-state index is 12.6. The summed E-state index contributed by atoms with van der Waals surface area (Å²) in [7, 11) is 0. The quantitative estimate of drug-likeness (QED) is 0.474. The van der Waals surface area contributed by atoms with E-state index in [9.17, 15) is 26.7 Å². The van der Waals surface area contributed by atoms with Crippen LogP contribution in [0.1, 0.15) is 11.1 Å². The van der Waals surface area contributed by atoms with Crippen molar-refractivity contribution < 1.29 is 36.2 Å². The van der Waals surface area contributed by atoms with Gasteiger partial charge in [0.15, 0.2) is 0 Å². The predicted molar refractivity (Wildman–Crippen MR) is 95.1 cm³/mol. The molecular formula is C19H19F5N2O3. The molecule has 158 valence electrons. The number of urea groups is 1. The Labute approximate surface area is 163 Å². The van der Waals surface area contributed by atoms with Crippen molar-refractivity contribution >= 4 is 6.03 Å². The first-order valence-electron chi connectivity index (χ1n) is 8.55. The van der Waals surface area contributed by atoms with Crippen molar-refractivity contribution in [3.8, 4) is 11.5 Å². The summed E-state index contributed by atoms with van der Waals surface area (Å²) in [6.45, 7) is -0.541. The van der Waals surface area contributed by atoms with E-state index in [1.807, 2.05) is 0 Å². The summed E-state index contributed by atoms with van der Waals surface area (Å²) in [5.41, 5.74) is -0.174. The first-order valence-corrected chi connectivity index (χ1v) is 8.55. The zero-order valence-electron chi connectivity index (χ0n) is 15.1. The fraction of sp³-hybridized carbons (Fsp3) is 0.316. The highest BCUT2D eigenvalue weighted by Crippen LogP contribution is 2.31. The van der Waals surface area contributed by atoms with Crippen molar-refractivity contribution in [2.24, 2.45) is 0 Å². The third kappa shape index (κ3) is 8.24. The molecule has 0 spiro atoms. The SMILES string of the molecule is O=C(NCCOc1cccc(C(F)(F)F)c1)NCc1cccc(OCC(F)F)c1. The molecule has 0 saturated carbocycles. The van der Waals surface area contributed by atoms with Crippen LogP contribution in [0.5, 0.6) is 11.5 Å². The molecule has 0 aromatic heterocycles. The molecule has 0 aliphatic carbocycles. The Morgan fingerprint density at radius 2 is 1.66 bits per heavy atom. The van der Waals surface area contributed by atoms with Gasteiger partial charge in [0.05, 0.1) is 12.1 Å². The molecule has 0 bridgehead atoms. The minimum Gasteiger partial charge on any atom is -0.492 e. The van der Waals surface area contributed by atoms with E-state index >= 15 is 0 Å². The molecule has 10 heteroatoms. The molecule has 29 heavy (non-hydrogen) atoms. The van der Waals surface area contributed by atoms with E-state index in [-0.39, 0.29) is 31.2 Å². The molecule has 0 radical (unpaired) electrons. The summed E-state index contributed by atoms with van der Waals surface area (Å²) in [5.74, 6) is 0.308. The summed E-state index contributed by atoms with van der Waals surface area (Å²) in [6.07, 6.45) is -7.04. The minimum absolute atomic E-state index is 0.0221. The molecule has 2 N–H and O–H groups in total. The topological polar surface area (TPSA) is 59.6 Å². The smallest absolute Gasteiger partial charge is 0.416 e. The Hall–Kier alpha value is -3.04. The lowest BCUT2D eigenvalue weighted by Gasteiger charge is -2.11. The van der Waals surface area contributed by atoms with Crippen LogP contribution >= 0.6 is 0 Å². The number of alkyl halides is 5. The van der Waals surface area contributed by atoms with Crippen molar-refractivity contribution in [2.75, 3.05) is 19.8 Å². The van der Waals surface area contributed by atoms with E-state index in [1.165, 1.54) is 24.3 Å². The molecule has 0 heterocycles. The minimum atomic E-state index is -4.46. The van der Waals surface area contributed by atoms with Crippen molar-refractivity contribution in [3.05, 3.63) is 59.7 Å².